The molecule has 14 heteroatoms. The van der Waals surface area contributed by atoms with E-state index < -0.39 is 30.1 Å². The maximum atomic E-state index is 10.4. The van der Waals surface area contributed by atoms with E-state index in [0.29, 0.717) is 25.8 Å². The van der Waals surface area contributed by atoms with Crippen molar-refractivity contribution in [2.75, 3.05) is 54.1 Å². The molecule has 37 heavy (non-hydrogen) atoms. The molecule has 1 aromatic carbocycles. The fourth-order valence-corrected chi connectivity index (χ4v) is 1.98. The molecular weight excluding hydrogens is 488 g/mol. The van der Waals surface area contributed by atoms with Gasteiger partial charge >= 0.3 is 11.9 Å². The van der Waals surface area contributed by atoms with Crippen LogP contribution >= 0.6 is 0 Å². The van der Waals surface area contributed by atoms with Gasteiger partial charge in [-0.05, 0) is 24.8 Å². The molecular formula is C23H47N6O8+. The number of benzene rings is 1. The number of nitrogens with one attached hydrogen (secondary N) is 2. The molecule has 0 aromatic heterocycles. The van der Waals surface area contributed by atoms with E-state index in [4.69, 9.17) is 53.2 Å². The summed E-state index contributed by atoms with van der Waals surface area (Å²) in [5.74, 6) is -2.07. The Hall–Kier alpha value is -2.85. The van der Waals surface area contributed by atoms with Gasteiger partial charge in [0, 0.05) is 6.54 Å². The van der Waals surface area contributed by atoms with Crippen LogP contribution in [0.5, 0.6) is 0 Å². The van der Waals surface area contributed by atoms with E-state index in [1.165, 1.54) is 0 Å². The van der Waals surface area contributed by atoms with Crippen LogP contribution in [-0.4, -0.2) is 125 Å². The van der Waals surface area contributed by atoms with Crippen LogP contribution in [0.25, 0.3) is 0 Å². The van der Waals surface area contributed by atoms with Crippen molar-refractivity contribution in [3.05, 3.63) is 35.9 Å². The highest BCUT2D eigenvalue weighted by molar-refractivity contribution is 5.74. The summed E-state index contributed by atoms with van der Waals surface area (Å²) >= 11 is 0. The van der Waals surface area contributed by atoms with Crippen molar-refractivity contribution in [1.29, 1.82) is 5.41 Å². The van der Waals surface area contributed by atoms with Crippen molar-refractivity contribution in [1.82, 2.24) is 5.32 Å². The minimum absolute atomic E-state index is 0.112. The highest BCUT2D eigenvalue weighted by Gasteiger charge is 2.11. The van der Waals surface area contributed by atoms with Crippen molar-refractivity contribution in [2.24, 2.45) is 17.2 Å². The molecule has 0 aliphatic heterocycles. The normalized spacial score (nSPS) is 11.8. The third-order valence-corrected chi connectivity index (χ3v) is 4.13. The summed E-state index contributed by atoms with van der Waals surface area (Å²) in [5.41, 5.74) is 16.5. The quantitative estimate of drug-likeness (QED) is 0.0565. The SMILES string of the molecule is C[N+](C)(C)CCO.N=C(N)NCCCC(N)C(=O)O.NC(Cc1ccccc1)C(=O)O.OCC(O)CO. The first-order valence-corrected chi connectivity index (χ1v) is 11.5. The zero-order chi connectivity index (χ0) is 29.4. The van der Waals surface area contributed by atoms with Gasteiger partial charge in [-0.3, -0.25) is 15.0 Å². The van der Waals surface area contributed by atoms with Crippen LogP contribution in [-0.2, 0) is 16.0 Å². The number of carboxylic acid groups (broad SMARTS) is 2. The summed E-state index contributed by atoms with van der Waals surface area (Å²) in [7, 11) is 6.16. The second-order valence-electron chi connectivity index (χ2n) is 8.82. The summed E-state index contributed by atoms with van der Waals surface area (Å²) in [6, 6.07) is 7.72. The molecule has 1 rings (SSSR count). The lowest BCUT2D eigenvalue weighted by atomic mass is 10.1. The fraction of sp³-hybridized carbons (Fsp3) is 0.609. The van der Waals surface area contributed by atoms with Gasteiger partial charge in [0.15, 0.2) is 5.96 Å². The number of guanidine groups is 1. The topological polar surface area (TPSA) is 269 Å². The lowest BCUT2D eigenvalue weighted by Gasteiger charge is -2.21. The Morgan fingerprint density at radius 3 is 1.76 bits per heavy atom. The zero-order valence-electron chi connectivity index (χ0n) is 22.0. The standard InChI is InChI=1S/C9H11NO2.C6H14N4O2.C5H14NO.C3H8O3/c10-8(9(11)12)6-7-4-2-1-3-5-7;7-4(5(11)12)2-1-3-10-6(8)9;1-6(2,3)4-5-7;4-1-3(6)2-5/h1-5,8H,6,10H2,(H,11,12);4H,1-3,7H2,(H,11,12)(H4,8,9,10);7H,4-5H2,1-3H3;3-6H,1-2H2/q;;+1;. The number of quaternary nitrogens is 1. The van der Waals surface area contributed by atoms with E-state index in [2.05, 4.69) is 26.5 Å². The molecule has 0 saturated carbocycles. The molecule has 0 aliphatic carbocycles. The molecule has 0 radical (unpaired) electrons. The monoisotopic (exact) mass is 535 g/mol. The van der Waals surface area contributed by atoms with Gasteiger partial charge in [-0.15, -0.1) is 0 Å². The number of aliphatic hydroxyl groups is 4. The van der Waals surface area contributed by atoms with Crippen molar-refractivity contribution in [3.63, 3.8) is 0 Å². The second kappa shape index (κ2) is 23.5. The van der Waals surface area contributed by atoms with Gasteiger partial charge in [-0.1, -0.05) is 30.3 Å². The summed E-state index contributed by atoms with van der Waals surface area (Å²) < 4.78 is 0.844. The van der Waals surface area contributed by atoms with Gasteiger partial charge in [0.25, 0.3) is 0 Å². The molecule has 0 spiro atoms. The smallest absolute Gasteiger partial charge is 0.320 e. The summed E-state index contributed by atoms with van der Waals surface area (Å²) in [6.07, 6.45) is 0.406. The molecule has 0 amide bonds. The molecule has 2 atom stereocenters. The molecule has 1 aromatic rings. The number of likely N-dealkylation sites (N-methyl/N-ethyl adjacent to an activating group) is 1. The molecule has 0 heterocycles. The Labute approximate surface area is 218 Å². The lowest BCUT2D eigenvalue weighted by Crippen LogP contribution is -2.36. The minimum atomic E-state index is -1.00. The molecule has 216 valence electrons. The number of nitrogens with two attached hydrogens (primary N) is 3. The molecule has 14 nitrogen and oxygen atoms in total. The molecule has 0 saturated heterocycles. The van der Waals surface area contributed by atoms with Crippen LogP contribution in [0, 0.1) is 5.41 Å². The predicted octanol–water partition coefficient (Wildman–Crippen LogP) is -2.68. The Morgan fingerprint density at radius 1 is 0.973 bits per heavy atom. The number of aliphatic hydroxyl groups excluding tert-OH is 4. The summed E-state index contributed by atoms with van der Waals surface area (Å²) in [6.45, 7) is 0.868. The Kier molecular flexibility index (Phi) is 24.6. The third-order valence-electron chi connectivity index (χ3n) is 4.13. The number of carbonyl (C=O) groups is 2. The number of rotatable bonds is 12. The highest BCUT2D eigenvalue weighted by Crippen LogP contribution is 2.01. The first-order valence-electron chi connectivity index (χ1n) is 11.5. The number of nitrogens with zero attached hydrogens (tertiary/aromatic N) is 1. The Bertz CT molecular complexity index is 715. The number of hydrogen-bond donors (Lipinski definition) is 11. The highest BCUT2D eigenvalue weighted by atomic mass is 16.4. The third kappa shape index (κ3) is 31.1. The Morgan fingerprint density at radius 2 is 1.46 bits per heavy atom. The van der Waals surface area contributed by atoms with Crippen LogP contribution in [0.3, 0.4) is 0 Å². The molecule has 2 unspecified atom stereocenters. The van der Waals surface area contributed by atoms with Gasteiger partial charge in [0.2, 0.25) is 0 Å². The van der Waals surface area contributed by atoms with Gasteiger partial charge in [0.05, 0.1) is 41.0 Å². The van der Waals surface area contributed by atoms with Crippen LogP contribution in [0.1, 0.15) is 18.4 Å². The van der Waals surface area contributed by atoms with Gasteiger partial charge in [-0.25, -0.2) is 0 Å². The van der Waals surface area contributed by atoms with E-state index in [0.717, 1.165) is 16.6 Å². The zero-order valence-corrected chi connectivity index (χ0v) is 22.0. The summed E-state index contributed by atoms with van der Waals surface area (Å²) in [4.78, 5) is 20.6. The first-order chi connectivity index (χ1) is 17.1. The minimum Gasteiger partial charge on any atom is -0.480 e. The van der Waals surface area contributed by atoms with Gasteiger partial charge in [-0.2, -0.15) is 0 Å². The summed E-state index contributed by atoms with van der Waals surface area (Å²) in [5, 5.41) is 58.6. The maximum Gasteiger partial charge on any atom is 0.320 e. The van der Waals surface area contributed by atoms with Crippen LogP contribution < -0.4 is 22.5 Å². The first kappa shape index (κ1) is 38.7. The van der Waals surface area contributed by atoms with Crippen molar-refractivity contribution in [3.8, 4) is 0 Å². The number of aliphatic carboxylic acids is 2. The van der Waals surface area contributed by atoms with Crippen molar-refractivity contribution < 1.29 is 44.7 Å². The molecule has 14 N–H and O–H groups in total. The van der Waals surface area contributed by atoms with E-state index >= 15 is 0 Å². The second-order valence-corrected chi connectivity index (χ2v) is 8.82. The van der Waals surface area contributed by atoms with Crippen LogP contribution in [0.15, 0.2) is 30.3 Å². The predicted molar refractivity (Wildman–Crippen MR) is 141 cm³/mol. The maximum absolute atomic E-state index is 10.4. The van der Waals surface area contributed by atoms with Crippen LogP contribution in [0.2, 0.25) is 0 Å². The lowest BCUT2D eigenvalue weighted by molar-refractivity contribution is -0.870. The van der Waals surface area contributed by atoms with Crippen molar-refractivity contribution in [2.45, 2.75) is 37.5 Å². The molecule has 0 fully saturated rings. The molecule has 0 aliphatic rings. The largest absolute Gasteiger partial charge is 0.480 e. The van der Waals surface area contributed by atoms with E-state index in [1.807, 2.05) is 30.3 Å². The average Bonchev–Trinajstić information content (AvgIpc) is 2.82. The van der Waals surface area contributed by atoms with Crippen LogP contribution in [0.4, 0.5) is 0 Å². The molecule has 0 bridgehead atoms. The number of carboxylic acids is 2. The van der Waals surface area contributed by atoms with E-state index in [1.54, 1.807) is 0 Å². The fourth-order valence-electron chi connectivity index (χ4n) is 1.98. The van der Waals surface area contributed by atoms with E-state index in [-0.39, 0.29) is 25.8 Å². The Balaban J connectivity index is -0.000000436. The van der Waals surface area contributed by atoms with Crippen molar-refractivity contribution >= 4 is 17.9 Å². The van der Waals surface area contributed by atoms with Gasteiger partial charge < -0.3 is 57.6 Å². The average molecular weight is 536 g/mol. The van der Waals surface area contributed by atoms with E-state index in [9.17, 15) is 9.59 Å². The van der Waals surface area contributed by atoms with Gasteiger partial charge in [0.1, 0.15) is 24.7 Å². The number of hydrogen-bond acceptors (Lipinski definition) is 9.